The zero-order chi connectivity index (χ0) is 26.4. The van der Waals surface area contributed by atoms with Crippen LogP contribution in [0, 0.1) is 6.85 Å². The Hall–Kier alpha value is -1.40. The van der Waals surface area contributed by atoms with E-state index in [2.05, 4.69) is 9.97 Å². The van der Waals surface area contributed by atoms with Crippen LogP contribution in [0.5, 0.6) is 0 Å². The summed E-state index contributed by atoms with van der Waals surface area (Å²) in [6.07, 6.45) is -1.19. The maximum atomic E-state index is 9.58. The average Bonchev–Trinajstić information content (AvgIpc) is 2.53. The highest BCUT2D eigenvalue weighted by molar-refractivity contribution is 5.62. The number of anilines is 2. The molecular weight excluding hydrogens is 218 g/mol. The van der Waals surface area contributed by atoms with Gasteiger partial charge in [-0.1, -0.05) is 0 Å². The van der Waals surface area contributed by atoms with Gasteiger partial charge in [-0.2, -0.15) is 0 Å². The van der Waals surface area contributed by atoms with Gasteiger partial charge in [-0.3, -0.25) is 4.90 Å². The number of aliphatic hydroxyl groups is 1. The standard InChI is InChI=1S/C11H19N5O/c1-9-13-8-10(11(12)14-9)16-4-2-15(3-5-16)6-7-17/h8,17H,2-7H2,1H3,(H2,12,13,14)/i1D3,2D2,3D2,4D2,5D2,6D2,7D2,8D. The van der Waals surface area contributed by atoms with Crippen LogP contribution in [-0.4, -0.2) is 59.0 Å². The molecule has 1 aliphatic rings. The maximum absolute atomic E-state index is 9.58. The molecule has 0 atom stereocenters. The van der Waals surface area contributed by atoms with Gasteiger partial charge in [0.15, 0.2) is 5.82 Å². The molecule has 0 aliphatic carbocycles. The summed E-state index contributed by atoms with van der Waals surface area (Å²) in [6.45, 7) is -26.5. The summed E-state index contributed by atoms with van der Waals surface area (Å²) in [5.74, 6) is -1.97. The van der Waals surface area contributed by atoms with Crippen LogP contribution < -0.4 is 10.6 Å². The van der Waals surface area contributed by atoms with Crippen LogP contribution in [0.3, 0.4) is 0 Å². The first-order valence-corrected chi connectivity index (χ1v) is 4.25. The molecule has 2 rings (SSSR count). The predicted molar refractivity (Wildman–Crippen MR) is 66.9 cm³/mol. The molecule has 17 heavy (non-hydrogen) atoms. The highest BCUT2D eigenvalue weighted by Crippen LogP contribution is 2.21. The molecule has 2 heterocycles. The van der Waals surface area contributed by atoms with Gasteiger partial charge in [0.05, 0.1) is 28.0 Å². The number of piperazine rings is 1. The van der Waals surface area contributed by atoms with Crippen molar-refractivity contribution in [3.8, 4) is 0 Å². The van der Waals surface area contributed by atoms with Gasteiger partial charge in [0.2, 0.25) is 0 Å². The highest BCUT2D eigenvalue weighted by atomic mass is 16.3. The van der Waals surface area contributed by atoms with E-state index in [4.69, 9.17) is 27.7 Å². The summed E-state index contributed by atoms with van der Waals surface area (Å²) in [5.41, 5.74) is 4.50. The first-order valence-electron chi connectivity index (χ1n) is 12.2. The molecule has 0 amide bonds. The SMILES string of the molecule is [2H]c1nc(C([2H])([2H])[2H])nc(N)c1N1C([2H])([2H])C([2H])([2H])N(C([2H])([2H])C([2H])([2H])O)C([2H])([2H])C1([2H])[2H]. The monoisotopic (exact) mass is 253 g/mol. The molecule has 0 unspecified atom stereocenters. The van der Waals surface area contributed by atoms with Gasteiger partial charge in [0.25, 0.3) is 0 Å². The lowest BCUT2D eigenvalue weighted by atomic mass is 10.3. The van der Waals surface area contributed by atoms with Crippen molar-refractivity contribution in [1.82, 2.24) is 14.9 Å². The summed E-state index contributed by atoms with van der Waals surface area (Å²) in [7, 11) is 0. The number of nitrogen functional groups attached to an aromatic ring is 1. The summed E-state index contributed by atoms with van der Waals surface area (Å²) in [4.78, 5) is 5.67. The minimum Gasteiger partial charge on any atom is -0.395 e. The molecular formula is C11H19N5O. The second-order valence-corrected chi connectivity index (χ2v) is 2.73. The van der Waals surface area contributed by atoms with Crippen molar-refractivity contribution in [1.29, 1.82) is 0 Å². The van der Waals surface area contributed by atoms with E-state index < -0.39 is 74.3 Å². The Balaban J connectivity index is 2.91. The van der Waals surface area contributed by atoms with Crippen LogP contribution in [0.4, 0.5) is 11.5 Å². The fraction of sp³-hybridized carbons (Fsp3) is 0.636. The highest BCUT2D eigenvalue weighted by Gasteiger charge is 2.18. The predicted octanol–water partition coefficient (Wildman–Crippen LogP) is -0.518. The normalized spacial score (nSPS) is 45.6. The molecule has 1 aliphatic heterocycles. The van der Waals surface area contributed by atoms with Crippen LogP contribution >= 0.6 is 0 Å². The minimum atomic E-state index is -4.02. The molecule has 0 saturated carbocycles. The molecule has 0 radical (unpaired) electrons. The lowest BCUT2D eigenvalue weighted by Crippen LogP contribution is -2.47. The van der Waals surface area contributed by atoms with Gasteiger partial charge >= 0.3 is 0 Å². The molecule has 94 valence electrons. The number of nitrogens with zero attached hydrogens (tertiary/aromatic N) is 4. The van der Waals surface area contributed by atoms with E-state index in [1.54, 1.807) is 0 Å². The Bertz CT molecular complexity index is 889. The van der Waals surface area contributed by atoms with Crippen molar-refractivity contribution in [3.63, 3.8) is 0 Å². The topological polar surface area (TPSA) is 78.5 Å². The molecule has 1 aromatic heterocycles. The summed E-state index contributed by atoms with van der Waals surface area (Å²) in [6, 6.07) is 0. The Kier molecular flexibility index (Phi) is 0.973. The molecule has 3 N–H and O–H groups in total. The zero-order valence-corrected chi connectivity index (χ0v) is 8.31. The van der Waals surface area contributed by atoms with E-state index >= 15 is 0 Å². The number of hydrogen-bond acceptors (Lipinski definition) is 6. The first kappa shape index (κ1) is 3.13. The third kappa shape index (κ3) is 2.83. The number of nitrogens with two attached hydrogens (primary N) is 1. The minimum absolute atomic E-state index is 0.291. The Morgan fingerprint density at radius 3 is 3.00 bits per heavy atom. The fourth-order valence-electron chi connectivity index (χ4n) is 0.993. The Morgan fingerprint density at radius 1 is 1.65 bits per heavy atom. The van der Waals surface area contributed by atoms with E-state index in [9.17, 15) is 5.11 Å². The lowest BCUT2D eigenvalue weighted by Gasteiger charge is -2.35. The Labute approximate surface area is 124 Å². The first-order chi connectivity index (χ1) is 14.3. The second-order valence-electron chi connectivity index (χ2n) is 2.73. The summed E-state index contributed by atoms with van der Waals surface area (Å²) < 4.78 is 125. The van der Waals surface area contributed by atoms with Crippen molar-refractivity contribution in [3.05, 3.63) is 12.0 Å². The fourth-order valence-corrected chi connectivity index (χ4v) is 0.993. The second kappa shape index (κ2) is 5.29. The van der Waals surface area contributed by atoms with Crippen molar-refractivity contribution in [2.45, 2.75) is 6.85 Å². The number of hydrogen-bond donors (Lipinski definition) is 2. The molecule has 0 spiro atoms. The van der Waals surface area contributed by atoms with Crippen LogP contribution in [-0.2, 0) is 0 Å². The molecule has 0 bridgehead atoms. The van der Waals surface area contributed by atoms with E-state index in [0.717, 1.165) is 0 Å². The van der Waals surface area contributed by atoms with Crippen molar-refractivity contribution < 1.29 is 27.0 Å². The van der Waals surface area contributed by atoms with E-state index in [1.165, 1.54) is 0 Å². The van der Waals surface area contributed by atoms with E-state index in [1.807, 2.05) is 0 Å². The number of rotatable bonds is 3. The van der Waals surface area contributed by atoms with E-state index in [0.29, 0.717) is 0 Å². The average molecular weight is 253 g/mol. The van der Waals surface area contributed by atoms with Crippen molar-refractivity contribution in [2.75, 3.05) is 49.7 Å². The number of aromatic nitrogens is 2. The largest absolute Gasteiger partial charge is 0.395 e. The maximum Gasteiger partial charge on any atom is 0.150 e. The van der Waals surface area contributed by atoms with Gasteiger partial charge in [-0.05, 0) is 6.85 Å². The van der Waals surface area contributed by atoms with Gasteiger partial charge in [-0.15, -0.1) is 0 Å². The number of aryl methyl sites for hydroxylation is 1. The van der Waals surface area contributed by atoms with Gasteiger partial charge < -0.3 is 15.7 Å². The van der Waals surface area contributed by atoms with Gasteiger partial charge in [0.1, 0.15) is 5.82 Å². The van der Waals surface area contributed by atoms with Gasteiger partial charge in [0, 0.05) is 44.8 Å². The van der Waals surface area contributed by atoms with E-state index in [-0.39, 0.29) is 4.90 Å². The lowest BCUT2D eigenvalue weighted by molar-refractivity contribution is 0.189. The molecule has 1 fully saturated rings. The third-order valence-electron chi connectivity index (χ3n) is 1.67. The molecule has 6 nitrogen and oxygen atoms in total. The zero-order valence-electron chi connectivity index (χ0n) is 24.3. The van der Waals surface area contributed by atoms with Crippen LogP contribution in [0.25, 0.3) is 0 Å². The Morgan fingerprint density at radius 2 is 2.41 bits per heavy atom. The number of β-amino-alcohol motifs (C(OH)–C–C–N with tert-alkyl or cyclic N) is 1. The van der Waals surface area contributed by atoms with Gasteiger partial charge in [-0.25, -0.2) is 9.97 Å². The third-order valence-corrected chi connectivity index (χ3v) is 1.67. The molecule has 1 aromatic rings. The molecule has 0 aromatic carbocycles. The smallest absolute Gasteiger partial charge is 0.150 e. The summed E-state index contributed by atoms with van der Waals surface area (Å²) in [5, 5.41) is 9.58. The van der Waals surface area contributed by atoms with Crippen LogP contribution in [0.1, 0.15) is 27.8 Å². The molecule has 6 heteroatoms. The van der Waals surface area contributed by atoms with Crippen molar-refractivity contribution in [2.24, 2.45) is 0 Å². The summed E-state index contributed by atoms with van der Waals surface area (Å²) >= 11 is 0. The quantitative estimate of drug-likeness (QED) is 0.755. The molecule has 1 saturated heterocycles. The van der Waals surface area contributed by atoms with Crippen molar-refractivity contribution >= 4 is 11.5 Å². The van der Waals surface area contributed by atoms with Crippen LogP contribution in [0.15, 0.2) is 6.17 Å². The van der Waals surface area contributed by atoms with Crippen LogP contribution in [0.2, 0.25) is 0 Å².